The average Bonchev–Trinajstić information content (AvgIpc) is 3.15. The second kappa shape index (κ2) is 10.3. The van der Waals surface area contributed by atoms with E-state index in [4.69, 9.17) is 28.9 Å². The summed E-state index contributed by atoms with van der Waals surface area (Å²) in [6, 6.07) is 3.88. The summed E-state index contributed by atoms with van der Waals surface area (Å²) in [4.78, 5) is 2.53. The molecule has 0 amide bonds. The van der Waals surface area contributed by atoms with Crippen LogP contribution in [0, 0.1) is 0 Å². The highest BCUT2D eigenvalue weighted by Gasteiger charge is 2.41. The van der Waals surface area contributed by atoms with Crippen molar-refractivity contribution in [3.05, 3.63) is 23.7 Å². The lowest BCUT2D eigenvalue weighted by atomic mass is 9.80. The van der Waals surface area contributed by atoms with Gasteiger partial charge in [0.05, 0.1) is 12.8 Å². The molecule has 1 aromatic rings. The van der Waals surface area contributed by atoms with Crippen molar-refractivity contribution in [2.75, 3.05) is 14.1 Å². The lowest BCUT2D eigenvalue weighted by molar-refractivity contribution is -0.0384. The van der Waals surface area contributed by atoms with Crippen molar-refractivity contribution in [2.24, 2.45) is 10.2 Å². The number of nitrogens with zero attached hydrogens (tertiary/aromatic N) is 3. The first-order valence-electron chi connectivity index (χ1n) is 10.0. The lowest BCUT2D eigenvalue weighted by Crippen LogP contribution is -2.57. The lowest BCUT2D eigenvalue weighted by Gasteiger charge is -2.52. The summed E-state index contributed by atoms with van der Waals surface area (Å²) in [5.41, 5.74) is 6.19. The Labute approximate surface area is 189 Å². The number of thiocarbonyl (C=S) groups is 2. The fourth-order valence-corrected chi connectivity index (χ4v) is 3.85. The molecule has 1 aromatic heterocycles. The van der Waals surface area contributed by atoms with Gasteiger partial charge in [-0.15, -0.1) is 0 Å². The SMILES string of the molecule is CNC(=S)N/N=C/C(=N\NC(=S)NC)c1ccc(CN2C(C)(C)CCCC2(C)C)o1. The van der Waals surface area contributed by atoms with Crippen LogP contribution < -0.4 is 21.5 Å². The second-order valence-corrected chi connectivity index (χ2v) is 9.28. The third kappa shape index (κ3) is 6.48. The molecule has 8 nitrogen and oxygen atoms in total. The minimum Gasteiger partial charge on any atom is -0.458 e. The number of hydrazone groups is 2. The van der Waals surface area contributed by atoms with Crippen molar-refractivity contribution in [3.8, 4) is 0 Å². The molecular weight excluding hydrogens is 418 g/mol. The van der Waals surface area contributed by atoms with Gasteiger partial charge in [-0.2, -0.15) is 10.2 Å². The molecule has 10 heteroatoms. The Kier molecular flexibility index (Phi) is 8.34. The van der Waals surface area contributed by atoms with Crippen LogP contribution in [0.1, 0.15) is 58.5 Å². The minimum absolute atomic E-state index is 0.111. The topological polar surface area (TPSA) is 89.2 Å². The van der Waals surface area contributed by atoms with Crippen LogP contribution in [0.15, 0.2) is 26.8 Å². The molecule has 0 bridgehead atoms. The predicted molar refractivity (Wildman–Crippen MR) is 131 cm³/mol. The molecule has 0 aliphatic carbocycles. The van der Waals surface area contributed by atoms with Crippen molar-refractivity contribution in [3.63, 3.8) is 0 Å². The third-order valence-electron chi connectivity index (χ3n) is 5.35. The Balaban J connectivity index is 2.23. The van der Waals surface area contributed by atoms with Gasteiger partial charge in [0.2, 0.25) is 0 Å². The largest absolute Gasteiger partial charge is 0.458 e. The van der Waals surface area contributed by atoms with Crippen LogP contribution in [0.5, 0.6) is 0 Å². The highest BCUT2D eigenvalue weighted by Crippen LogP contribution is 2.39. The molecule has 1 saturated heterocycles. The van der Waals surface area contributed by atoms with Crippen LogP contribution in [0.25, 0.3) is 0 Å². The number of piperidine rings is 1. The third-order valence-corrected chi connectivity index (χ3v) is 5.94. The highest BCUT2D eigenvalue weighted by atomic mass is 32.1. The van der Waals surface area contributed by atoms with Gasteiger partial charge in [0, 0.05) is 25.2 Å². The summed E-state index contributed by atoms with van der Waals surface area (Å²) in [7, 11) is 3.44. The van der Waals surface area contributed by atoms with Gasteiger partial charge in [-0.3, -0.25) is 15.8 Å². The normalized spacial score (nSPS) is 18.8. The molecule has 0 spiro atoms. The fraction of sp³-hybridized carbons (Fsp3) is 0.600. The van der Waals surface area contributed by atoms with Gasteiger partial charge in [0.1, 0.15) is 11.5 Å². The molecule has 0 saturated carbocycles. The zero-order valence-electron chi connectivity index (χ0n) is 18.6. The van der Waals surface area contributed by atoms with Crippen LogP contribution in [0.3, 0.4) is 0 Å². The van der Waals surface area contributed by atoms with Crippen molar-refractivity contribution in [2.45, 2.75) is 64.6 Å². The molecule has 30 heavy (non-hydrogen) atoms. The smallest absolute Gasteiger partial charge is 0.186 e. The molecule has 166 valence electrons. The standard InChI is InChI=1S/C20H33N7OS2/c1-19(2)10-7-11-20(3,4)27(19)13-14-8-9-16(28-14)15(24-26-18(30)22-6)12-23-25-17(29)21-5/h8-9,12H,7,10-11,13H2,1-6H3,(H2,21,25,29)(H2,22,26,30)/b23-12+,24-15+. The van der Waals surface area contributed by atoms with Gasteiger partial charge < -0.3 is 15.1 Å². The Bertz CT molecular complexity index is 798. The summed E-state index contributed by atoms with van der Waals surface area (Å²) in [6.45, 7) is 9.94. The monoisotopic (exact) mass is 451 g/mol. The van der Waals surface area contributed by atoms with Gasteiger partial charge in [0.25, 0.3) is 0 Å². The average molecular weight is 452 g/mol. The number of likely N-dealkylation sites (tertiary alicyclic amines) is 1. The van der Waals surface area contributed by atoms with Crippen LogP contribution in [-0.4, -0.2) is 52.2 Å². The molecule has 2 heterocycles. The maximum atomic E-state index is 6.14. The Morgan fingerprint density at radius 3 is 2.27 bits per heavy atom. The Morgan fingerprint density at radius 1 is 1.07 bits per heavy atom. The van der Waals surface area contributed by atoms with E-state index in [1.807, 2.05) is 12.1 Å². The van der Waals surface area contributed by atoms with Crippen molar-refractivity contribution in [1.29, 1.82) is 0 Å². The first-order valence-corrected chi connectivity index (χ1v) is 10.8. The van der Waals surface area contributed by atoms with E-state index in [0.29, 0.717) is 21.7 Å². The minimum atomic E-state index is 0.111. The molecule has 1 aliphatic rings. The first kappa shape index (κ1) is 24.2. The van der Waals surface area contributed by atoms with Gasteiger partial charge in [0.15, 0.2) is 16.0 Å². The Hall–Kier alpha value is -2.04. The van der Waals surface area contributed by atoms with E-state index < -0.39 is 0 Å². The van der Waals surface area contributed by atoms with Crippen LogP contribution in [0.4, 0.5) is 0 Å². The predicted octanol–water partition coefficient (Wildman–Crippen LogP) is 2.70. The molecule has 4 N–H and O–H groups in total. The van der Waals surface area contributed by atoms with Gasteiger partial charge in [-0.25, -0.2) is 0 Å². The maximum Gasteiger partial charge on any atom is 0.186 e. The number of nitrogens with one attached hydrogen (secondary N) is 4. The van der Waals surface area contributed by atoms with Crippen molar-refractivity contribution in [1.82, 2.24) is 26.4 Å². The molecule has 1 aliphatic heterocycles. The van der Waals surface area contributed by atoms with E-state index in [-0.39, 0.29) is 11.1 Å². The quantitative estimate of drug-likeness (QED) is 0.298. The number of hydrogen-bond acceptors (Lipinski definition) is 6. The molecular formula is C20H33N7OS2. The van der Waals surface area contributed by atoms with Crippen LogP contribution in [-0.2, 0) is 6.54 Å². The number of furan rings is 1. The number of rotatable bonds is 6. The molecule has 0 radical (unpaired) electrons. The summed E-state index contributed by atoms with van der Waals surface area (Å²) in [5.74, 6) is 1.47. The highest BCUT2D eigenvalue weighted by molar-refractivity contribution is 7.80. The summed E-state index contributed by atoms with van der Waals surface area (Å²) < 4.78 is 6.14. The summed E-state index contributed by atoms with van der Waals surface area (Å²) in [6.07, 6.45) is 5.12. The maximum absolute atomic E-state index is 6.14. The van der Waals surface area contributed by atoms with Crippen LogP contribution >= 0.6 is 24.4 Å². The Morgan fingerprint density at radius 2 is 1.67 bits per heavy atom. The zero-order chi connectivity index (χ0) is 22.4. The molecule has 1 fully saturated rings. The van der Waals surface area contributed by atoms with E-state index in [1.54, 1.807) is 14.1 Å². The van der Waals surface area contributed by atoms with Crippen molar-refractivity contribution >= 4 is 46.6 Å². The first-order chi connectivity index (χ1) is 14.1. The van der Waals surface area contributed by atoms with Crippen LogP contribution in [0.2, 0.25) is 0 Å². The van der Waals surface area contributed by atoms with E-state index in [0.717, 1.165) is 12.3 Å². The molecule has 2 rings (SSSR count). The van der Waals surface area contributed by atoms with Gasteiger partial charge in [-0.05, 0) is 83.5 Å². The summed E-state index contributed by atoms with van der Waals surface area (Å²) in [5, 5.41) is 14.8. The molecule has 0 atom stereocenters. The van der Waals surface area contributed by atoms with E-state index in [9.17, 15) is 0 Å². The fourth-order valence-electron chi connectivity index (χ4n) is 3.75. The van der Waals surface area contributed by atoms with Crippen molar-refractivity contribution < 1.29 is 4.42 Å². The van der Waals surface area contributed by atoms with E-state index in [1.165, 1.54) is 25.5 Å². The van der Waals surface area contributed by atoms with Gasteiger partial charge in [-0.1, -0.05) is 0 Å². The molecule has 0 unspecified atom stereocenters. The van der Waals surface area contributed by atoms with E-state index in [2.05, 4.69) is 64.3 Å². The second-order valence-electron chi connectivity index (χ2n) is 8.47. The zero-order valence-corrected chi connectivity index (χ0v) is 20.3. The molecule has 0 aromatic carbocycles. The number of hydrogen-bond donors (Lipinski definition) is 4. The summed E-state index contributed by atoms with van der Waals surface area (Å²) >= 11 is 10.1. The van der Waals surface area contributed by atoms with Gasteiger partial charge >= 0.3 is 0 Å². The van der Waals surface area contributed by atoms with E-state index >= 15 is 0 Å².